The van der Waals surface area contributed by atoms with E-state index in [4.69, 9.17) is 47.0 Å². The molecular weight excluding hydrogens is 623 g/mol. The smallest absolute Gasteiger partial charge is 0.403 e. The summed E-state index contributed by atoms with van der Waals surface area (Å²) in [6, 6.07) is 11.7. The summed E-state index contributed by atoms with van der Waals surface area (Å²) < 4.78 is 47.7. The second-order valence-electron chi connectivity index (χ2n) is 9.07. The highest BCUT2D eigenvalue weighted by atomic mass is 35.5. The number of phosphoric ester groups is 2. The molecule has 2 heterocycles. The number of halogens is 2. The topological polar surface area (TPSA) is 201 Å². The van der Waals surface area contributed by atoms with Crippen molar-refractivity contribution in [3.8, 4) is 11.5 Å². The Morgan fingerprint density at radius 1 is 0.976 bits per heavy atom. The summed E-state index contributed by atoms with van der Waals surface area (Å²) in [7, 11) is -9.25. The maximum absolute atomic E-state index is 12.7. The van der Waals surface area contributed by atoms with Gasteiger partial charge in [0.05, 0.1) is 29.6 Å². The first-order chi connectivity index (χ1) is 19.4. The molecule has 0 aliphatic heterocycles. The third kappa shape index (κ3) is 6.77. The lowest BCUT2D eigenvalue weighted by Gasteiger charge is -2.45. The summed E-state index contributed by atoms with van der Waals surface area (Å²) in [4.78, 5) is 43.5. The van der Waals surface area contributed by atoms with E-state index in [0.29, 0.717) is 6.42 Å². The van der Waals surface area contributed by atoms with Crippen LogP contribution in [0, 0.1) is 11.8 Å². The minimum atomic E-state index is -4.66. The summed E-state index contributed by atoms with van der Waals surface area (Å²) in [6.45, 7) is -0.636. The summed E-state index contributed by atoms with van der Waals surface area (Å²) in [6.07, 6.45) is 1.72. The molecule has 5 rings (SSSR count). The number of nitrogen functional groups attached to an aromatic ring is 1. The molecule has 0 amide bonds. The summed E-state index contributed by atoms with van der Waals surface area (Å²) in [5.41, 5.74) is 5.41. The number of benzene rings is 2. The van der Waals surface area contributed by atoms with Crippen LogP contribution < -0.4 is 20.3 Å². The van der Waals surface area contributed by atoms with Gasteiger partial charge in [0.15, 0.2) is 11.2 Å². The van der Waals surface area contributed by atoms with Crippen molar-refractivity contribution in [2.45, 2.75) is 12.5 Å². The Kier molecular flexibility index (Phi) is 8.47. The molecule has 2 aromatic heterocycles. The van der Waals surface area contributed by atoms with Crippen LogP contribution in [0.5, 0.6) is 11.5 Å². The molecule has 0 bridgehead atoms. The van der Waals surface area contributed by atoms with Crippen molar-refractivity contribution < 1.29 is 37.0 Å². The number of nitrogens with two attached hydrogens (primary N) is 1. The van der Waals surface area contributed by atoms with Gasteiger partial charge in [-0.15, -0.1) is 0 Å². The molecular formula is C23H23Cl2N5O9P2. The Morgan fingerprint density at radius 3 is 2.12 bits per heavy atom. The second kappa shape index (κ2) is 11.7. The van der Waals surface area contributed by atoms with Gasteiger partial charge in [0.2, 0.25) is 5.95 Å². The molecule has 5 atom stereocenters. The van der Waals surface area contributed by atoms with Crippen molar-refractivity contribution in [3.05, 3.63) is 75.3 Å². The third-order valence-electron chi connectivity index (χ3n) is 6.43. The van der Waals surface area contributed by atoms with Crippen molar-refractivity contribution in [2.75, 3.05) is 18.9 Å². The highest BCUT2D eigenvalue weighted by molar-refractivity contribution is 7.48. The van der Waals surface area contributed by atoms with Gasteiger partial charge in [0.1, 0.15) is 11.5 Å². The number of para-hydroxylation sites is 2. The first-order valence-electron chi connectivity index (χ1n) is 12.0. The van der Waals surface area contributed by atoms with Crippen LogP contribution in [0.4, 0.5) is 5.95 Å². The SMILES string of the molecule is Nc1nc2c(ncn2[C@@H]2C[C@H](COP(=O)(O)Oc3ccccc3Cl)[C@@H]2COP(=O)(O)Oc2ccccc2Cl)c(=O)[nH]1. The van der Waals surface area contributed by atoms with E-state index in [1.807, 2.05) is 0 Å². The average molecular weight is 646 g/mol. The minimum Gasteiger partial charge on any atom is -0.403 e. The molecule has 218 valence electrons. The quantitative estimate of drug-likeness (QED) is 0.166. The van der Waals surface area contributed by atoms with Crippen LogP contribution >= 0.6 is 38.8 Å². The van der Waals surface area contributed by atoms with E-state index in [2.05, 4.69) is 15.0 Å². The number of anilines is 1. The van der Waals surface area contributed by atoms with Gasteiger partial charge in [-0.3, -0.25) is 28.6 Å². The average Bonchev–Trinajstić information content (AvgIpc) is 3.29. The molecule has 18 heteroatoms. The number of imidazole rings is 1. The molecule has 1 aliphatic carbocycles. The number of rotatable bonds is 11. The lowest BCUT2D eigenvalue weighted by molar-refractivity contribution is -0.00443. The Labute approximate surface area is 242 Å². The number of hydrogen-bond acceptors (Lipinski definition) is 10. The number of nitrogens with one attached hydrogen (secondary N) is 1. The third-order valence-corrected chi connectivity index (χ3v) is 8.86. The Bertz CT molecular complexity index is 1740. The number of nitrogens with zero attached hydrogens (tertiary/aromatic N) is 3. The van der Waals surface area contributed by atoms with Gasteiger partial charge < -0.3 is 19.3 Å². The number of aromatic nitrogens is 4. The van der Waals surface area contributed by atoms with Crippen molar-refractivity contribution in [1.82, 2.24) is 19.5 Å². The molecule has 4 aromatic rings. The maximum atomic E-state index is 12.7. The monoisotopic (exact) mass is 645 g/mol. The van der Waals surface area contributed by atoms with Crippen LogP contribution in [0.2, 0.25) is 10.0 Å². The number of phosphoric acid groups is 2. The Hall–Kier alpha value is -2.93. The van der Waals surface area contributed by atoms with E-state index in [1.165, 1.54) is 30.6 Å². The molecule has 1 fully saturated rings. The van der Waals surface area contributed by atoms with Crippen LogP contribution in [0.3, 0.4) is 0 Å². The Balaban J connectivity index is 1.34. The predicted molar refractivity (Wildman–Crippen MR) is 149 cm³/mol. The van der Waals surface area contributed by atoms with E-state index in [1.54, 1.807) is 28.8 Å². The van der Waals surface area contributed by atoms with Crippen LogP contribution in [0.25, 0.3) is 11.2 Å². The van der Waals surface area contributed by atoms with Crippen molar-refractivity contribution in [1.29, 1.82) is 0 Å². The van der Waals surface area contributed by atoms with Crippen molar-refractivity contribution in [2.24, 2.45) is 11.8 Å². The van der Waals surface area contributed by atoms with Gasteiger partial charge >= 0.3 is 15.6 Å². The highest BCUT2D eigenvalue weighted by Crippen LogP contribution is 2.53. The van der Waals surface area contributed by atoms with E-state index in [9.17, 15) is 23.7 Å². The van der Waals surface area contributed by atoms with E-state index >= 15 is 0 Å². The lowest BCUT2D eigenvalue weighted by atomic mass is 9.70. The number of fused-ring (bicyclic) bond motifs is 1. The zero-order valence-electron chi connectivity index (χ0n) is 20.9. The largest absolute Gasteiger partial charge is 0.527 e. The molecule has 41 heavy (non-hydrogen) atoms. The van der Waals surface area contributed by atoms with Crippen molar-refractivity contribution in [3.63, 3.8) is 0 Å². The van der Waals surface area contributed by atoms with Crippen LogP contribution in [0.15, 0.2) is 59.7 Å². The Morgan fingerprint density at radius 2 is 1.54 bits per heavy atom. The fourth-order valence-electron chi connectivity index (χ4n) is 4.43. The minimum absolute atomic E-state index is 0.0388. The molecule has 14 nitrogen and oxygen atoms in total. The van der Waals surface area contributed by atoms with Crippen LogP contribution in [0.1, 0.15) is 12.5 Å². The zero-order chi connectivity index (χ0) is 29.4. The second-order valence-corrected chi connectivity index (χ2v) is 12.6. The van der Waals surface area contributed by atoms with Gasteiger partial charge in [0, 0.05) is 12.0 Å². The molecule has 1 saturated carbocycles. The fraction of sp³-hybridized carbons (Fsp3) is 0.261. The number of H-pyrrole nitrogens is 1. The zero-order valence-corrected chi connectivity index (χ0v) is 24.2. The maximum Gasteiger partial charge on any atom is 0.527 e. The molecule has 0 spiro atoms. The van der Waals surface area contributed by atoms with Gasteiger partial charge in [-0.2, -0.15) is 4.98 Å². The van der Waals surface area contributed by atoms with Gasteiger partial charge in [-0.05, 0) is 36.6 Å². The molecule has 2 unspecified atom stereocenters. The molecule has 1 aliphatic rings. The number of aromatic amines is 1. The summed E-state index contributed by atoms with van der Waals surface area (Å²) >= 11 is 12.0. The molecule has 5 N–H and O–H groups in total. The van der Waals surface area contributed by atoms with Gasteiger partial charge in [0.25, 0.3) is 5.56 Å². The first-order valence-corrected chi connectivity index (χ1v) is 15.7. The molecule has 0 radical (unpaired) electrons. The van der Waals surface area contributed by atoms with E-state index in [0.717, 1.165) is 0 Å². The van der Waals surface area contributed by atoms with Crippen LogP contribution in [-0.2, 0) is 18.2 Å². The van der Waals surface area contributed by atoms with Gasteiger partial charge in [-0.1, -0.05) is 47.5 Å². The molecule has 2 aromatic carbocycles. The van der Waals surface area contributed by atoms with E-state index < -0.39 is 39.1 Å². The van der Waals surface area contributed by atoms with Crippen molar-refractivity contribution >= 4 is 56.0 Å². The lowest BCUT2D eigenvalue weighted by Crippen LogP contribution is -2.43. The highest BCUT2D eigenvalue weighted by Gasteiger charge is 2.46. The van der Waals surface area contributed by atoms with E-state index in [-0.39, 0.29) is 51.9 Å². The predicted octanol–water partition coefficient (Wildman–Crippen LogP) is 4.58. The first kappa shape index (κ1) is 29.6. The standard InChI is InChI=1S/C23H23Cl2N5O9P2/c24-15-5-1-3-7-18(15)38-40(32,33)36-10-13-9-17(30-12-27-20-21(30)28-23(26)29-22(20)31)14(13)11-37-41(34,35)39-19-8-4-2-6-16(19)25/h1-8,12-14,17H,9-11H2,(H,32,33)(H,34,35)(H3,26,28,29,31)/t13-,14+,17-/m1/s1. The summed E-state index contributed by atoms with van der Waals surface area (Å²) in [5.74, 6) is -1.27. The summed E-state index contributed by atoms with van der Waals surface area (Å²) in [5, 5.41) is 0.223. The van der Waals surface area contributed by atoms with Crippen LogP contribution in [-0.4, -0.2) is 42.5 Å². The van der Waals surface area contributed by atoms with Gasteiger partial charge in [-0.25, -0.2) is 14.1 Å². The number of hydrogen-bond donors (Lipinski definition) is 4. The fourth-order valence-corrected chi connectivity index (χ4v) is 6.55. The normalized spacial score (nSPS) is 21.5. The molecule has 0 saturated heterocycles.